The molecule has 0 unspecified atom stereocenters. The second-order valence-corrected chi connectivity index (χ2v) is 7.18. The molecule has 0 heterocycles. The smallest absolute Gasteiger partial charge is 0.175 e. The van der Waals surface area contributed by atoms with Crippen molar-refractivity contribution in [2.45, 2.75) is 24.3 Å². The molecular formula is C17H21NO2S. The average Bonchev–Trinajstić information content (AvgIpc) is 2.48. The van der Waals surface area contributed by atoms with Crippen LogP contribution in [0.3, 0.4) is 0 Å². The van der Waals surface area contributed by atoms with Crippen LogP contribution in [0.4, 0.5) is 0 Å². The molecule has 0 saturated heterocycles. The molecule has 0 bridgehead atoms. The molecule has 0 amide bonds. The lowest BCUT2D eigenvalue weighted by atomic mass is 10.00. The van der Waals surface area contributed by atoms with Crippen LogP contribution in [-0.4, -0.2) is 21.7 Å². The predicted octanol–water partition coefficient (Wildman–Crippen LogP) is 3.43. The highest BCUT2D eigenvalue weighted by atomic mass is 32.2. The van der Waals surface area contributed by atoms with Gasteiger partial charge in [0.1, 0.15) is 0 Å². The van der Waals surface area contributed by atoms with Gasteiger partial charge in [-0.2, -0.15) is 0 Å². The molecule has 0 aliphatic rings. The van der Waals surface area contributed by atoms with Gasteiger partial charge in [0, 0.05) is 12.3 Å². The Hall–Kier alpha value is -1.65. The molecule has 112 valence electrons. The van der Waals surface area contributed by atoms with Gasteiger partial charge in [-0.15, -0.1) is 0 Å². The van der Waals surface area contributed by atoms with Crippen LogP contribution < -0.4 is 5.32 Å². The summed E-state index contributed by atoms with van der Waals surface area (Å²) < 4.78 is 22.9. The second kappa shape index (κ2) is 6.41. The fraction of sp³-hybridized carbons (Fsp3) is 0.294. The summed E-state index contributed by atoms with van der Waals surface area (Å²) in [7, 11) is -1.17. The average molecular weight is 303 g/mol. The van der Waals surface area contributed by atoms with E-state index in [2.05, 4.69) is 36.5 Å². The number of sulfone groups is 1. The minimum Gasteiger partial charge on any atom is -0.313 e. The highest BCUT2D eigenvalue weighted by Gasteiger charge is 2.08. The molecule has 4 heteroatoms. The summed E-state index contributed by atoms with van der Waals surface area (Å²) in [5, 5.41) is 3.28. The number of hydrogen-bond acceptors (Lipinski definition) is 3. The van der Waals surface area contributed by atoms with Crippen LogP contribution in [0.5, 0.6) is 0 Å². The van der Waals surface area contributed by atoms with Gasteiger partial charge in [-0.25, -0.2) is 8.42 Å². The first kappa shape index (κ1) is 15.7. The SMILES string of the molecule is CC[C@H](NC)c1ccc(-c2ccc(S(C)(=O)=O)cc2)cc1. The molecule has 0 aliphatic carbocycles. The molecule has 1 atom stereocenters. The molecule has 0 fully saturated rings. The third-order valence-corrected chi connectivity index (χ3v) is 4.81. The van der Waals surface area contributed by atoms with Gasteiger partial charge < -0.3 is 5.32 Å². The Morgan fingerprint density at radius 2 is 1.43 bits per heavy atom. The van der Waals surface area contributed by atoms with Crippen molar-refractivity contribution in [3.05, 3.63) is 54.1 Å². The van der Waals surface area contributed by atoms with Crippen molar-refractivity contribution in [1.29, 1.82) is 0 Å². The van der Waals surface area contributed by atoms with Crippen LogP contribution in [0.1, 0.15) is 24.9 Å². The maximum Gasteiger partial charge on any atom is 0.175 e. The summed E-state index contributed by atoms with van der Waals surface area (Å²) in [6, 6.07) is 15.8. The molecule has 21 heavy (non-hydrogen) atoms. The standard InChI is InChI=1S/C17H21NO2S/c1-4-17(18-2)15-7-5-13(6-8-15)14-9-11-16(12-10-14)21(3,19)20/h5-12,17-18H,4H2,1-3H3/t17-/m0/s1. The Morgan fingerprint density at radius 3 is 1.81 bits per heavy atom. The minimum atomic E-state index is -3.13. The zero-order valence-corrected chi connectivity index (χ0v) is 13.4. The molecule has 2 aromatic rings. The van der Waals surface area contributed by atoms with E-state index in [1.807, 2.05) is 19.2 Å². The van der Waals surface area contributed by atoms with Crippen molar-refractivity contribution in [1.82, 2.24) is 5.32 Å². The molecular weight excluding hydrogens is 282 g/mol. The summed E-state index contributed by atoms with van der Waals surface area (Å²) in [6.07, 6.45) is 2.26. The van der Waals surface area contributed by atoms with E-state index in [4.69, 9.17) is 0 Å². The highest BCUT2D eigenvalue weighted by Crippen LogP contribution is 2.24. The van der Waals surface area contributed by atoms with Crippen molar-refractivity contribution < 1.29 is 8.42 Å². The van der Waals surface area contributed by atoms with Gasteiger partial charge in [0.2, 0.25) is 0 Å². The van der Waals surface area contributed by atoms with Crippen LogP contribution in [0.25, 0.3) is 11.1 Å². The van der Waals surface area contributed by atoms with E-state index in [1.54, 1.807) is 12.1 Å². The summed E-state index contributed by atoms with van der Waals surface area (Å²) in [5.74, 6) is 0. The fourth-order valence-electron chi connectivity index (χ4n) is 2.41. The van der Waals surface area contributed by atoms with E-state index in [-0.39, 0.29) is 0 Å². The maximum atomic E-state index is 11.5. The third-order valence-electron chi connectivity index (χ3n) is 3.69. The number of nitrogens with one attached hydrogen (secondary N) is 1. The van der Waals surface area contributed by atoms with Crippen molar-refractivity contribution in [3.63, 3.8) is 0 Å². The molecule has 0 aliphatic heterocycles. The Labute approximate surface area is 126 Å². The highest BCUT2D eigenvalue weighted by molar-refractivity contribution is 7.90. The van der Waals surface area contributed by atoms with Gasteiger partial charge in [0.15, 0.2) is 9.84 Å². The molecule has 0 radical (unpaired) electrons. The molecule has 3 nitrogen and oxygen atoms in total. The van der Waals surface area contributed by atoms with Crippen LogP contribution in [0.2, 0.25) is 0 Å². The largest absolute Gasteiger partial charge is 0.313 e. The van der Waals surface area contributed by atoms with E-state index in [0.717, 1.165) is 17.5 Å². The summed E-state index contributed by atoms with van der Waals surface area (Å²) in [6.45, 7) is 2.15. The lowest BCUT2D eigenvalue weighted by molar-refractivity contribution is 0.577. The molecule has 0 saturated carbocycles. The molecule has 2 rings (SSSR count). The number of benzene rings is 2. The van der Waals surface area contributed by atoms with E-state index < -0.39 is 9.84 Å². The minimum absolute atomic E-state index is 0.351. The summed E-state index contributed by atoms with van der Waals surface area (Å²) in [5.41, 5.74) is 3.37. The quantitative estimate of drug-likeness (QED) is 0.920. The van der Waals surface area contributed by atoms with Crippen LogP contribution in [-0.2, 0) is 9.84 Å². The first-order valence-electron chi connectivity index (χ1n) is 7.03. The Balaban J connectivity index is 2.27. The summed E-state index contributed by atoms with van der Waals surface area (Å²) >= 11 is 0. The van der Waals surface area contributed by atoms with E-state index in [1.165, 1.54) is 11.8 Å². The monoisotopic (exact) mass is 303 g/mol. The Morgan fingerprint density at radius 1 is 0.952 bits per heavy atom. The lowest BCUT2D eigenvalue weighted by Gasteiger charge is -2.14. The second-order valence-electron chi connectivity index (χ2n) is 5.17. The lowest BCUT2D eigenvalue weighted by Crippen LogP contribution is -2.14. The van der Waals surface area contributed by atoms with Gasteiger partial charge in [-0.1, -0.05) is 43.3 Å². The zero-order chi connectivity index (χ0) is 15.5. The Kier molecular flexibility index (Phi) is 4.80. The molecule has 0 spiro atoms. The zero-order valence-electron chi connectivity index (χ0n) is 12.6. The van der Waals surface area contributed by atoms with Crippen LogP contribution in [0.15, 0.2) is 53.4 Å². The molecule has 0 aromatic heterocycles. The van der Waals surface area contributed by atoms with E-state index in [9.17, 15) is 8.42 Å². The molecule has 2 aromatic carbocycles. The van der Waals surface area contributed by atoms with Crippen LogP contribution in [0, 0.1) is 0 Å². The molecule has 1 N–H and O–H groups in total. The Bertz CT molecular complexity index is 685. The van der Waals surface area contributed by atoms with Gasteiger partial charge >= 0.3 is 0 Å². The van der Waals surface area contributed by atoms with E-state index in [0.29, 0.717) is 10.9 Å². The summed E-state index contributed by atoms with van der Waals surface area (Å²) in [4.78, 5) is 0.351. The van der Waals surface area contributed by atoms with Gasteiger partial charge in [-0.3, -0.25) is 0 Å². The topological polar surface area (TPSA) is 46.2 Å². The van der Waals surface area contributed by atoms with Gasteiger partial charge in [0.25, 0.3) is 0 Å². The van der Waals surface area contributed by atoms with Crippen molar-refractivity contribution >= 4 is 9.84 Å². The normalized spacial score (nSPS) is 13.1. The predicted molar refractivity (Wildman–Crippen MR) is 87.1 cm³/mol. The van der Waals surface area contributed by atoms with Gasteiger partial charge in [0.05, 0.1) is 4.90 Å². The van der Waals surface area contributed by atoms with Crippen LogP contribution >= 0.6 is 0 Å². The fourth-order valence-corrected chi connectivity index (χ4v) is 3.04. The third kappa shape index (κ3) is 3.71. The maximum absolute atomic E-state index is 11.5. The van der Waals surface area contributed by atoms with Crippen molar-refractivity contribution in [2.24, 2.45) is 0 Å². The number of hydrogen-bond donors (Lipinski definition) is 1. The van der Waals surface area contributed by atoms with Crippen molar-refractivity contribution in [2.75, 3.05) is 13.3 Å². The first-order chi connectivity index (χ1) is 9.95. The number of rotatable bonds is 5. The van der Waals surface area contributed by atoms with Crippen molar-refractivity contribution in [3.8, 4) is 11.1 Å². The van der Waals surface area contributed by atoms with Gasteiger partial charge in [-0.05, 0) is 42.3 Å². The first-order valence-corrected chi connectivity index (χ1v) is 8.92. The van der Waals surface area contributed by atoms with E-state index >= 15 is 0 Å².